The summed E-state index contributed by atoms with van der Waals surface area (Å²) in [6.45, 7) is 0. The number of rotatable bonds is 3. The van der Waals surface area contributed by atoms with Crippen LogP contribution in [0.3, 0.4) is 0 Å². The molecule has 1 aromatic heterocycles. The van der Waals surface area contributed by atoms with Crippen molar-refractivity contribution in [2.45, 2.75) is 6.18 Å². The van der Waals surface area contributed by atoms with E-state index in [1.165, 1.54) is 20.3 Å². The Labute approximate surface area is 112 Å². The second-order valence-corrected chi connectivity index (χ2v) is 3.83. The lowest BCUT2D eigenvalue weighted by Gasteiger charge is -2.17. The fraction of sp³-hybridized carbons (Fsp3) is 0.250. The molecule has 0 amide bonds. The number of aromatic nitrogens is 1. The lowest BCUT2D eigenvalue weighted by molar-refractivity contribution is -0.137. The second kappa shape index (κ2) is 4.95. The third-order valence-corrected chi connectivity index (χ3v) is 2.72. The van der Waals surface area contributed by atoms with Crippen LogP contribution < -0.4 is 15.2 Å². The Morgan fingerprint density at radius 2 is 1.90 bits per heavy atom. The van der Waals surface area contributed by atoms with Gasteiger partial charge < -0.3 is 19.7 Å². The minimum Gasteiger partial charge on any atom is -0.493 e. The molecule has 0 aliphatic heterocycles. The van der Waals surface area contributed by atoms with E-state index in [0.717, 1.165) is 12.3 Å². The summed E-state index contributed by atoms with van der Waals surface area (Å²) in [5, 5.41) is 3.39. The summed E-state index contributed by atoms with van der Waals surface area (Å²) in [6, 6.07) is 2.07. The highest BCUT2D eigenvalue weighted by molar-refractivity contribution is 5.82. The monoisotopic (exact) mass is 288 g/mol. The molecule has 0 radical (unpaired) electrons. The smallest absolute Gasteiger partial charge is 0.417 e. The first-order valence-corrected chi connectivity index (χ1v) is 5.42. The number of halogens is 3. The van der Waals surface area contributed by atoms with Crippen molar-refractivity contribution >= 4 is 5.88 Å². The van der Waals surface area contributed by atoms with Crippen molar-refractivity contribution in [3.63, 3.8) is 0 Å². The first-order chi connectivity index (χ1) is 9.40. The number of nitrogens with two attached hydrogens (primary N) is 1. The van der Waals surface area contributed by atoms with E-state index in [0.29, 0.717) is 0 Å². The van der Waals surface area contributed by atoms with Crippen LogP contribution in [0.25, 0.3) is 11.1 Å². The lowest BCUT2D eigenvalue weighted by atomic mass is 9.99. The molecule has 0 aliphatic rings. The van der Waals surface area contributed by atoms with Crippen molar-refractivity contribution in [2.24, 2.45) is 0 Å². The summed E-state index contributed by atoms with van der Waals surface area (Å²) in [6.07, 6.45) is -3.49. The molecule has 20 heavy (non-hydrogen) atoms. The molecular weight excluding hydrogens is 277 g/mol. The van der Waals surface area contributed by atoms with Crippen LogP contribution >= 0.6 is 0 Å². The Morgan fingerprint density at radius 3 is 2.35 bits per heavy atom. The molecule has 1 aromatic carbocycles. The molecule has 2 N–H and O–H groups in total. The molecule has 0 spiro atoms. The minimum atomic E-state index is -4.58. The average molecular weight is 288 g/mol. The van der Waals surface area contributed by atoms with Crippen LogP contribution in [0.4, 0.5) is 19.1 Å². The number of alkyl halides is 3. The third-order valence-electron chi connectivity index (χ3n) is 2.72. The number of hydrogen-bond donors (Lipinski definition) is 1. The van der Waals surface area contributed by atoms with Crippen molar-refractivity contribution < 1.29 is 27.2 Å². The van der Waals surface area contributed by atoms with E-state index >= 15 is 0 Å². The molecule has 5 nitrogen and oxygen atoms in total. The number of benzene rings is 1. The Kier molecular flexibility index (Phi) is 3.47. The normalized spacial score (nSPS) is 11.4. The lowest BCUT2D eigenvalue weighted by Crippen LogP contribution is -2.09. The molecule has 2 rings (SSSR count). The van der Waals surface area contributed by atoms with Crippen LogP contribution in [0.2, 0.25) is 0 Å². The maximum atomic E-state index is 13.1. The Bertz CT molecular complexity index is 623. The average Bonchev–Trinajstić information content (AvgIpc) is 2.81. The van der Waals surface area contributed by atoms with Gasteiger partial charge in [0, 0.05) is 5.56 Å². The molecule has 0 bridgehead atoms. The highest BCUT2D eigenvalue weighted by Gasteiger charge is 2.37. The molecule has 0 fully saturated rings. The maximum absolute atomic E-state index is 13.1. The summed E-state index contributed by atoms with van der Waals surface area (Å²) in [7, 11) is 2.57. The molecule has 1 heterocycles. The first-order valence-electron chi connectivity index (χ1n) is 5.42. The van der Waals surface area contributed by atoms with Crippen LogP contribution in [0.15, 0.2) is 22.9 Å². The van der Waals surface area contributed by atoms with Gasteiger partial charge in [-0.3, -0.25) is 0 Å². The van der Waals surface area contributed by atoms with Crippen LogP contribution in [-0.4, -0.2) is 19.4 Å². The minimum absolute atomic E-state index is 0.00641. The third kappa shape index (κ3) is 2.24. The fourth-order valence-corrected chi connectivity index (χ4v) is 1.87. The quantitative estimate of drug-likeness (QED) is 0.940. The summed E-state index contributed by atoms with van der Waals surface area (Å²) < 4.78 is 54.1. The predicted octanol–water partition coefficient (Wildman–Crippen LogP) is 2.96. The zero-order valence-electron chi connectivity index (χ0n) is 10.6. The van der Waals surface area contributed by atoms with Gasteiger partial charge in [0.2, 0.25) is 5.88 Å². The number of methoxy groups -OCH3 is 2. The molecule has 0 atom stereocenters. The molecule has 0 saturated heterocycles. The van der Waals surface area contributed by atoms with E-state index in [1.807, 2.05) is 0 Å². The topological polar surface area (TPSA) is 70.5 Å². The van der Waals surface area contributed by atoms with E-state index < -0.39 is 11.7 Å². The molecule has 0 aliphatic carbocycles. The largest absolute Gasteiger partial charge is 0.493 e. The van der Waals surface area contributed by atoms with E-state index in [4.69, 9.17) is 15.2 Å². The van der Waals surface area contributed by atoms with E-state index in [2.05, 4.69) is 9.68 Å². The second-order valence-electron chi connectivity index (χ2n) is 3.83. The van der Waals surface area contributed by atoms with Crippen LogP contribution in [0.5, 0.6) is 11.5 Å². The van der Waals surface area contributed by atoms with Crippen molar-refractivity contribution in [2.75, 3.05) is 20.0 Å². The van der Waals surface area contributed by atoms with Gasteiger partial charge in [0.1, 0.15) is 0 Å². The Hall–Kier alpha value is -2.38. The van der Waals surface area contributed by atoms with Gasteiger partial charge in [-0.15, -0.1) is 0 Å². The van der Waals surface area contributed by atoms with Gasteiger partial charge in [-0.2, -0.15) is 13.2 Å². The number of nitrogens with zero attached hydrogens (tertiary/aromatic N) is 1. The number of nitrogen functional groups attached to an aromatic ring is 1. The van der Waals surface area contributed by atoms with Gasteiger partial charge >= 0.3 is 6.18 Å². The first kappa shape index (κ1) is 14.0. The van der Waals surface area contributed by atoms with Gasteiger partial charge in [0.05, 0.1) is 31.5 Å². The highest BCUT2D eigenvalue weighted by Crippen LogP contribution is 2.47. The molecule has 0 saturated carbocycles. The molecular formula is C12H11F3N2O3. The van der Waals surface area contributed by atoms with Gasteiger partial charge in [0.25, 0.3) is 0 Å². The zero-order chi connectivity index (χ0) is 14.9. The van der Waals surface area contributed by atoms with Crippen LogP contribution in [-0.2, 0) is 6.18 Å². The van der Waals surface area contributed by atoms with E-state index in [-0.39, 0.29) is 28.5 Å². The van der Waals surface area contributed by atoms with Crippen molar-refractivity contribution in [3.05, 3.63) is 23.9 Å². The molecule has 8 heteroatoms. The Balaban J connectivity index is 2.82. The van der Waals surface area contributed by atoms with Crippen molar-refractivity contribution in [3.8, 4) is 22.6 Å². The predicted molar refractivity (Wildman–Crippen MR) is 64.5 cm³/mol. The molecule has 0 unspecified atom stereocenters. The zero-order valence-corrected chi connectivity index (χ0v) is 10.6. The molecule has 2 aromatic rings. The summed E-state index contributed by atoms with van der Waals surface area (Å²) >= 11 is 0. The van der Waals surface area contributed by atoms with Gasteiger partial charge in [-0.1, -0.05) is 5.16 Å². The number of anilines is 1. The van der Waals surface area contributed by atoms with Gasteiger partial charge in [-0.25, -0.2) is 0 Å². The summed E-state index contributed by atoms with van der Waals surface area (Å²) in [5.41, 5.74) is 4.32. The highest BCUT2D eigenvalue weighted by atomic mass is 19.4. The van der Waals surface area contributed by atoms with Gasteiger partial charge in [-0.05, 0) is 12.1 Å². The summed E-state index contributed by atoms with van der Waals surface area (Å²) in [5.74, 6) is -0.171. The van der Waals surface area contributed by atoms with E-state index in [1.54, 1.807) is 0 Å². The number of ether oxygens (including phenoxy) is 2. The van der Waals surface area contributed by atoms with Crippen LogP contribution in [0, 0.1) is 0 Å². The van der Waals surface area contributed by atoms with Crippen LogP contribution in [0.1, 0.15) is 5.56 Å². The standard InChI is InChI=1S/C12H11F3N2O3/c1-18-8-4-3-7(12(13,14)15)9(10(8)19-2)6-5-17-20-11(6)16/h3-5H,16H2,1-2H3. The number of hydrogen-bond acceptors (Lipinski definition) is 5. The Morgan fingerprint density at radius 1 is 1.20 bits per heavy atom. The maximum Gasteiger partial charge on any atom is 0.417 e. The SMILES string of the molecule is COc1ccc(C(F)(F)F)c(-c2cnoc2N)c1OC. The van der Waals surface area contributed by atoms with Crippen molar-refractivity contribution in [1.29, 1.82) is 0 Å². The van der Waals surface area contributed by atoms with Crippen molar-refractivity contribution in [1.82, 2.24) is 5.16 Å². The molecule has 108 valence electrons. The fourth-order valence-electron chi connectivity index (χ4n) is 1.87. The van der Waals surface area contributed by atoms with Gasteiger partial charge in [0.15, 0.2) is 11.5 Å². The summed E-state index contributed by atoms with van der Waals surface area (Å²) in [4.78, 5) is 0. The van der Waals surface area contributed by atoms with E-state index in [9.17, 15) is 13.2 Å².